The molecule has 7 nitrogen and oxygen atoms in total. The molecule has 2 aliphatic rings. The first-order valence-corrected chi connectivity index (χ1v) is 7.74. The van der Waals surface area contributed by atoms with Gasteiger partial charge in [-0.15, -0.1) is 0 Å². The van der Waals surface area contributed by atoms with Crippen LogP contribution in [0.5, 0.6) is 0 Å². The molecule has 0 spiro atoms. The van der Waals surface area contributed by atoms with Gasteiger partial charge in [0.1, 0.15) is 11.5 Å². The highest BCUT2D eigenvalue weighted by atomic mass is 19.1. The molecule has 0 atom stereocenters. The van der Waals surface area contributed by atoms with Gasteiger partial charge < -0.3 is 10.3 Å². The second-order valence-electron chi connectivity index (χ2n) is 5.57. The van der Waals surface area contributed by atoms with Crippen molar-refractivity contribution in [2.75, 3.05) is 6.54 Å². The van der Waals surface area contributed by atoms with Crippen LogP contribution in [-0.4, -0.2) is 31.9 Å². The Bertz CT molecular complexity index is 1110. The summed E-state index contributed by atoms with van der Waals surface area (Å²) >= 11 is 0. The molecule has 25 heavy (non-hydrogen) atoms. The topological polar surface area (TPSA) is 84.7 Å². The fourth-order valence-corrected chi connectivity index (χ4v) is 2.77. The van der Waals surface area contributed by atoms with Crippen LogP contribution in [0, 0.1) is 5.82 Å². The van der Waals surface area contributed by atoms with E-state index >= 15 is 0 Å². The number of aromatic amines is 1. The molecule has 2 N–H and O–H groups in total. The minimum Gasteiger partial charge on any atom is -0.359 e. The highest BCUT2D eigenvalue weighted by molar-refractivity contribution is 5.95. The molecule has 1 aromatic carbocycles. The van der Waals surface area contributed by atoms with Crippen LogP contribution in [0.15, 0.2) is 47.7 Å². The summed E-state index contributed by atoms with van der Waals surface area (Å²) in [4.78, 5) is 27.6. The van der Waals surface area contributed by atoms with Crippen LogP contribution in [0.25, 0.3) is 27.8 Å². The van der Waals surface area contributed by atoms with Crippen molar-refractivity contribution in [2.24, 2.45) is 0 Å². The first-order valence-electron chi connectivity index (χ1n) is 7.74. The first-order chi connectivity index (χ1) is 12.1. The maximum absolute atomic E-state index is 13.1. The molecule has 0 unspecified atom stereocenters. The fraction of sp³-hybridized carbons (Fsp3) is 0.118. The number of hydrogen-bond donors (Lipinski definition) is 2. The van der Waals surface area contributed by atoms with Gasteiger partial charge in [0, 0.05) is 30.5 Å². The normalized spacial score (nSPS) is 11.3. The van der Waals surface area contributed by atoms with E-state index in [9.17, 15) is 14.0 Å². The summed E-state index contributed by atoms with van der Waals surface area (Å²) in [6.45, 7) is 2.34. The van der Waals surface area contributed by atoms with Crippen LogP contribution >= 0.6 is 0 Å². The number of benzene rings is 1. The number of carbonyl (C=O) groups is 1. The molecule has 0 aliphatic carbocycles. The lowest BCUT2D eigenvalue weighted by molar-refractivity contribution is 0.243. The van der Waals surface area contributed by atoms with E-state index in [1.165, 1.54) is 33.5 Å². The first kappa shape index (κ1) is 15.1. The summed E-state index contributed by atoms with van der Waals surface area (Å²) in [6.07, 6.45) is 4.83. The number of nitrogens with one attached hydrogen (secondary N) is 2. The van der Waals surface area contributed by atoms with Crippen molar-refractivity contribution in [2.45, 2.75) is 6.92 Å². The third-order valence-corrected chi connectivity index (χ3v) is 3.97. The Morgan fingerprint density at radius 3 is 2.76 bits per heavy atom. The Morgan fingerprint density at radius 2 is 2.04 bits per heavy atom. The van der Waals surface area contributed by atoms with Crippen molar-refractivity contribution in [3.8, 4) is 16.9 Å². The van der Waals surface area contributed by atoms with Gasteiger partial charge in [-0.2, -0.15) is 9.78 Å². The van der Waals surface area contributed by atoms with Crippen molar-refractivity contribution in [3.05, 3.63) is 59.0 Å². The van der Waals surface area contributed by atoms with Crippen molar-refractivity contribution >= 4 is 16.9 Å². The summed E-state index contributed by atoms with van der Waals surface area (Å²) in [5.41, 5.74) is 1.71. The quantitative estimate of drug-likeness (QED) is 0.588. The molecule has 8 heteroatoms. The predicted molar refractivity (Wildman–Crippen MR) is 90.7 cm³/mol. The van der Waals surface area contributed by atoms with E-state index in [2.05, 4.69) is 15.4 Å². The number of carbonyl (C=O) groups excluding carboxylic acids is 1. The van der Waals surface area contributed by atoms with E-state index in [4.69, 9.17) is 0 Å². The molecule has 3 heterocycles. The van der Waals surface area contributed by atoms with E-state index in [1.807, 2.05) is 6.92 Å². The van der Waals surface area contributed by atoms with E-state index in [0.717, 1.165) is 0 Å². The lowest BCUT2D eigenvalue weighted by Crippen LogP contribution is -2.26. The smallest absolute Gasteiger partial charge is 0.325 e. The third kappa shape index (κ3) is 2.38. The average Bonchev–Trinajstić information content (AvgIpc) is 3.17. The minimum atomic E-state index is -0.386. The molecule has 126 valence electrons. The molecule has 1 amide bonds. The SMILES string of the molecule is CCNC(=O)n1cc2[nH]cc3c(=O)n(-c4ccc(F)cc4)nc-3c2c1. The zero-order valence-corrected chi connectivity index (χ0v) is 13.3. The summed E-state index contributed by atoms with van der Waals surface area (Å²) in [6, 6.07) is 5.26. The van der Waals surface area contributed by atoms with Gasteiger partial charge in [0.15, 0.2) is 0 Å². The number of fused-ring (bicyclic) bond motifs is 3. The Hall–Kier alpha value is -3.42. The maximum Gasteiger partial charge on any atom is 0.325 e. The number of rotatable bonds is 2. The lowest BCUT2D eigenvalue weighted by atomic mass is 10.1. The Kier molecular flexibility index (Phi) is 3.38. The number of pyridine rings is 1. The zero-order chi connectivity index (χ0) is 17.6. The second kappa shape index (κ2) is 5.59. The fourth-order valence-electron chi connectivity index (χ4n) is 2.77. The number of halogens is 1. The summed E-state index contributed by atoms with van der Waals surface area (Å²) in [7, 11) is 0. The van der Waals surface area contributed by atoms with Crippen LogP contribution in [-0.2, 0) is 0 Å². The van der Waals surface area contributed by atoms with Crippen molar-refractivity contribution in [1.29, 1.82) is 0 Å². The third-order valence-electron chi connectivity index (χ3n) is 3.97. The van der Waals surface area contributed by atoms with Crippen LogP contribution < -0.4 is 10.9 Å². The number of H-pyrrole nitrogens is 1. The average molecular weight is 339 g/mol. The second-order valence-corrected chi connectivity index (χ2v) is 5.57. The summed E-state index contributed by atoms with van der Waals surface area (Å²) < 4.78 is 15.7. The highest BCUT2D eigenvalue weighted by Crippen LogP contribution is 2.26. The molecule has 0 bridgehead atoms. The van der Waals surface area contributed by atoms with Gasteiger partial charge in [0.25, 0.3) is 5.56 Å². The van der Waals surface area contributed by atoms with Crippen LogP contribution in [0.4, 0.5) is 9.18 Å². The molecule has 0 saturated carbocycles. The highest BCUT2D eigenvalue weighted by Gasteiger charge is 2.20. The van der Waals surface area contributed by atoms with E-state index in [1.54, 1.807) is 18.6 Å². The van der Waals surface area contributed by atoms with Crippen LogP contribution in [0.3, 0.4) is 0 Å². The van der Waals surface area contributed by atoms with Crippen molar-refractivity contribution in [1.82, 2.24) is 24.6 Å². The number of aromatic nitrogens is 4. The van der Waals surface area contributed by atoms with Gasteiger partial charge in [-0.05, 0) is 31.2 Å². The van der Waals surface area contributed by atoms with Gasteiger partial charge in [-0.25, -0.2) is 9.18 Å². The molecule has 1 aromatic heterocycles. The Morgan fingerprint density at radius 1 is 1.28 bits per heavy atom. The number of amides is 1. The molecular formula is C17H14FN5O2. The number of hydrogen-bond acceptors (Lipinski definition) is 3. The largest absolute Gasteiger partial charge is 0.359 e. The van der Waals surface area contributed by atoms with E-state index in [0.29, 0.717) is 34.4 Å². The standard InChI is InChI=1S/C17H14FN5O2/c1-2-19-17(25)22-8-13-14(9-22)20-7-12-15(13)21-23(16(12)24)11-5-3-10(18)4-6-11/h3-9,20H,2H2,1H3,(H,19,25). The zero-order valence-electron chi connectivity index (χ0n) is 13.3. The monoisotopic (exact) mass is 339 g/mol. The van der Waals surface area contributed by atoms with Gasteiger partial charge in [-0.1, -0.05) is 0 Å². The molecule has 2 aliphatic heterocycles. The summed E-state index contributed by atoms with van der Waals surface area (Å²) in [5.74, 6) is -0.386. The minimum absolute atomic E-state index is 0.263. The van der Waals surface area contributed by atoms with Gasteiger partial charge in [-0.3, -0.25) is 9.36 Å². The predicted octanol–water partition coefficient (Wildman–Crippen LogP) is 2.34. The van der Waals surface area contributed by atoms with Gasteiger partial charge >= 0.3 is 6.03 Å². The Labute approximate surface area is 141 Å². The maximum atomic E-state index is 13.1. The van der Waals surface area contributed by atoms with Gasteiger partial charge in [0.05, 0.1) is 16.8 Å². The molecule has 4 rings (SSSR count). The van der Waals surface area contributed by atoms with E-state index in [-0.39, 0.29) is 17.4 Å². The molecule has 2 aromatic rings. The Balaban J connectivity index is 1.90. The molecule has 0 fully saturated rings. The lowest BCUT2D eigenvalue weighted by Gasteiger charge is -2.00. The molecular weight excluding hydrogens is 325 g/mol. The van der Waals surface area contributed by atoms with Crippen LogP contribution in [0.2, 0.25) is 0 Å². The molecule has 0 radical (unpaired) electrons. The van der Waals surface area contributed by atoms with Crippen LogP contribution in [0.1, 0.15) is 6.92 Å². The number of nitrogens with zero attached hydrogens (tertiary/aromatic N) is 3. The van der Waals surface area contributed by atoms with Crippen molar-refractivity contribution in [3.63, 3.8) is 0 Å². The summed E-state index contributed by atoms with van der Waals surface area (Å²) in [5, 5.41) is 7.74. The molecule has 0 saturated heterocycles. The van der Waals surface area contributed by atoms with E-state index < -0.39 is 0 Å². The van der Waals surface area contributed by atoms with Gasteiger partial charge in [0.2, 0.25) is 0 Å². The van der Waals surface area contributed by atoms with Crippen molar-refractivity contribution < 1.29 is 9.18 Å².